The van der Waals surface area contributed by atoms with Crippen LogP contribution < -0.4 is 5.32 Å². The highest BCUT2D eigenvalue weighted by molar-refractivity contribution is 5.46. The van der Waals surface area contributed by atoms with Crippen LogP contribution in [0, 0.1) is 5.92 Å². The minimum atomic E-state index is 0.331. The van der Waals surface area contributed by atoms with Crippen molar-refractivity contribution < 1.29 is 4.79 Å². The molecule has 3 nitrogen and oxygen atoms in total. The molecule has 3 heteroatoms. The molecular formula is C8H16N2O. The van der Waals surface area contributed by atoms with Crippen molar-refractivity contribution in [2.75, 3.05) is 20.1 Å². The van der Waals surface area contributed by atoms with Crippen LogP contribution in [0.2, 0.25) is 0 Å². The molecule has 1 rings (SSSR count). The summed E-state index contributed by atoms with van der Waals surface area (Å²) >= 11 is 0. The fourth-order valence-corrected chi connectivity index (χ4v) is 1.62. The summed E-state index contributed by atoms with van der Waals surface area (Å²) in [6.07, 6.45) is 2.00. The van der Waals surface area contributed by atoms with Gasteiger partial charge in [-0.2, -0.15) is 0 Å². The number of likely N-dealkylation sites (tertiary alicyclic amines) is 1. The van der Waals surface area contributed by atoms with Crippen molar-refractivity contribution in [1.29, 1.82) is 0 Å². The summed E-state index contributed by atoms with van der Waals surface area (Å²) < 4.78 is 0. The Morgan fingerprint density at radius 1 is 1.73 bits per heavy atom. The summed E-state index contributed by atoms with van der Waals surface area (Å²) in [5, 5.41) is 2.80. The van der Waals surface area contributed by atoms with Crippen molar-refractivity contribution in [1.82, 2.24) is 10.2 Å². The lowest BCUT2D eigenvalue weighted by Gasteiger charge is -2.17. The van der Waals surface area contributed by atoms with Crippen molar-refractivity contribution in [3.05, 3.63) is 0 Å². The van der Waals surface area contributed by atoms with Crippen LogP contribution in [-0.4, -0.2) is 37.5 Å². The van der Waals surface area contributed by atoms with E-state index in [0.717, 1.165) is 19.5 Å². The number of hydrogen-bond acceptors (Lipinski definition) is 2. The normalized spacial score (nSPS) is 28.4. The first-order valence-corrected chi connectivity index (χ1v) is 4.12. The largest absolute Gasteiger partial charge is 0.356 e. The van der Waals surface area contributed by atoms with Gasteiger partial charge in [-0.25, -0.2) is 0 Å². The predicted molar refractivity (Wildman–Crippen MR) is 44.3 cm³/mol. The third-order valence-corrected chi connectivity index (χ3v) is 2.47. The molecule has 0 saturated carbocycles. The topological polar surface area (TPSA) is 32.3 Å². The molecule has 1 fully saturated rings. The average Bonchev–Trinajstić information content (AvgIpc) is 2.36. The second-order valence-electron chi connectivity index (χ2n) is 3.38. The molecule has 0 spiro atoms. The molecule has 1 unspecified atom stereocenters. The Labute approximate surface area is 67.8 Å². The second kappa shape index (κ2) is 3.72. The number of hydrogen-bond donors (Lipinski definition) is 1. The van der Waals surface area contributed by atoms with Gasteiger partial charge in [-0.3, -0.25) is 4.79 Å². The molecule has 1 aliphatic heterocycles. The summed E-state index contributed by atoms with van der Waals surface area (Å²) in [5.74, 6) is 0.644. The Kier molecular flexibility index (Phi) is 2.88. The first-order valence-electron chi connectivity index (χ1n) is 4.12. The molecule has 1 saturated heterocycles. The maximum absolute atomic E-state index is 10.1. The average molecular weight is 156 g/mol. The molecule has 0 aliphatic carbocycles. The third-order valence-electron chi connectivity index (χ3n) is 2.47. The molecule has 0 aromatic carbocycles. The summed E-state index contributed by atoms with van der Waals surface area (Å²) in [6, 6.07) is 0.331. The monoisotopic (exact) mass is 156 g/mol. The molecule has 0 aromatic rings. The highest BCUT2D eigenvalue weighted by Crippen LogP contribution is 2.17. The third kappa shape index (κ3) is 2.19. The van der Waals surface area contributed by atoms with E-state index in [1.165, 1.54) is 6.42 Å². The van der Waals surface area contributed by atoms with Gasteiger partial charge in [0.2, 0.25) is 6.41 Å². The van der Waals surface area contributed by atoms with Crippen LogP contribution >= 0.6 is 0 Å². The van der Waals surface area contributed by atoms with Gasteiger partial charge in [-0.15, -0.1) is 0 Å². The summed E-state index contributed by atoms with van der Waals surface area (Å²) in [5.41, 5.74) is 0. The van der Waals surface area contributed by atoms with Gasteiger partial charge in [-0.1, -0.05) is 0 Å². The minimum absolute atomic E-state index is 0.331. The summed E-state index contributed by atoms with van der Waals surface area (Å²) in [6.45, 7) is 4.34. The van der Waals surface area contributed by atoms with Crippen LogP contribution in [0.4, 0.5) is 0 Å². The van der Waals surface area contributed by atoms with Crippen LogP contribution in [0.25, 0.3) is 0 Å². The number of carbonyl (C=O) groups is 1. The smallest absolute Gasteiger partial charge is 0.207 e. The highest BCUT2D eigenvalue weighted by atomic mass is 16.1. The van der Waals surface area contributed by atoms with Crippen LogP contribution in [0.5, 0.6) is 0 Å². The van der Waals surface area contributed by atoms with Gasteiger partial charge in [0.25, 0.3) is 0 Å². The van der Waals surface area contributed by atoms with Crippen LogP contribution in [0.3, 0.4) is 0 Å². The van der Waals surface area contributed by atoms with E-state index < -0.39 is 0 Å². The lowest BCUT2D eigenvalue weighted by Crippen LogP contribution is -2.33. The SMILES string of the molecule is C[C@H](NC=O)C1CCN(C)C1. The molecular weight excluding hydrogens is 140 g/mol. The van der Waals surface area contributed by atoms with Gasteiger partial charge in [0.05, 0.1) is 0 Å². The van der Waals surface area contributed by atoms with Crippen LogP contribution in [0.1, 0.15) is 13.3 Å². The number of amides is 1. The van der Waals surface area contributed by atoms with Crippen LogP contribution in [-0.2, 0) is 4.79 Å². The first-order chi connectivity index (χ1) is 5.24. The van der Waals surface area contributed by atoms with Gasteiger partial charge >= 0.3 is 0 Å². The van der Waals surface area contributed by atoms with Crippen molar-refractivity contribution in [3.8, 4) is 0 Å². The van der Waals surface area contributed by atoms with E-state index in [2.05, 4.69) is 24.2 Å². The Morgan fingerprint density at radius 2 is 2.45 bits per heavy atom. The molecule has 64 valence electrons. The van der Waals surface area contributed by atoms with Gasteiger partial charge in [0.15, 0.2) is 0 Å². The number of nitrogens with one attached hydrogen (secondary N) is 1. The van der Waals surface area contributed by atoms with Gasteiger partial charge in [0, 0.05) is 12.6 Å². The Balaban J connectivity index is 2.30. The molecule has 2 atom stereocenters. The van der Waals surface area contributed by atoms with Gasteiger partial charge in [0.1, 0.15) is 0 Å². The fourth-order valence-electron chi connectivity index (χ4n) is 1.62. The quantitative estimate of drug-likeness (QED) is 0.587. The second-order valence-corrected chi connectivity index (χ2v) is 3.38. The minimum Gasteiger partial charge on any atom is -0.356 e. The van der Waals surface area contributed by atoms with Crippen molar-refractivity contribution in [3.63, 3.8) is 0 Å². The molecule has 0 radical (unpaired) electrons. The van der Waals surface area contributed by atoms with Crippen molar-refractivity contribution in [2.45, 2.75) is 19.4 Å². The zero-order chi connectivity index (χ0) is 8.27. The van der Waals surface area contributed by atoms with E-state index in [1.807, 2.05) is 0 Å². The number of rotatable bonds is 3. The molecule has 1 aliphatic rings. The number of nitrogens with zero attached hydrogens (tertiary/aromatic N) is 1. The molecule has 0 bridgehead atoms. The maximum Gasteiger partial charge on any atom is 0.207 e. The summed E-state index contributed by atoms with van der Waals surface area (Å²) in [4.78, 5) is 12.4. The zero-order valence-electron chi connectivity index (χ0n) is 7.21. The Hall–Kier alpha value is -0.570. The van der Waals surface area contributed by atoms with Gasteiger partial charge in [-0.05, 0) is 32.9 Å². The van der Waals surface area contributed by atoms with Crippen molar-refractivity contribution >= 4 is 6.41 Å². The summed E-state index contributed by atoms with van der Waals surface area (Å²) in [7, 11) is 2.12. The molecule has 1 amide bonds. The van der Waals surface area contributed by atoms with E-state index in [9.17, 15) is 4.79 Å². The van der Waals surface area contributed by atoms with Crippen molar-refractivity contribution in [2.24, 2.45) is 5.92 Å². The van der Waals surface area contributed by atoms with E-state index in [1.54, 1.807) is 0 Å². The maximum atomic E-state index is 10.1. The lowest BCUT2D eigenvalue weighted by molar-refractivity contribution is -0.110. The zero-order valence-corrected chi connectivity index (χ0v) is 7.21. The van der Waals surface area contributed by atoms with E-state index in [-0.39, 0.29) is 0 Å². The molecule has 11 heavy (non-hydrogen) atoms. The standard InChI is InChI=1S/C8H16N2O/c1-7(9-6-11)8-3-4-10(2)5-8/h6-8H,3-5H2,1-2H3,(H,9,11)/t7-,8?/m0/s1. The van der Waals surface area contributed by atoms with Crippen LogP contribution in [0.15, 0.2) is 0 Å². The first kappa shape index (κ1) is 8.53. The molecule has 1 heterocycles. The fraction of sp³-hybridized carbons (Fsp3) is 0.875. The van der Waals surface area contributed by atoms with E-state index >= 15 is 0 Å². The Bertz CT molecular complexity index is 138. The molecule has 0 aromatic heterocycles. The Morgan fingerprint density at radius 3 is 2.91 bits per heavy atom. The number of carbonyl (C=O) groups excluding carboxylic acids is 1. The van der Waals surface area contributed by atoms with Gasteiger partial charge < -0.3 is 10.2 Å². The van der Waals surface area contributed by atoms with E-state index in [4.69, 9.17) is 0 Å². The lowest BCUT2D eigenvalue weighted by atomic mass is 10.0. The predicted octanol–water partition coefficient (Wildman–Crippen LogP) is 0.0726. The van der Waals surface area contributed by atoms with E-state index in [0.29, 0.717) is 12.0 Å². The molecule has 1 N–H and O–H groups in total. The highest BCUT2D eigenvalue weighted by Gasteiger charge is 2.23.